The Hall–Kier alpha value is -1.85. The van der Waals surface area contributed by atoms with Gasteiger partial charge in [-0.2, -0.15) is 0 Å². The number of anilines is 1. The number of nitrogens with two attached hydrogens (primary N) is 1. The third-order valence-corrected chi connectivity index (χ3v) is 4.92. The van der Waals surface area contributed by atoms with Crippen molar-refractivity contribution in [2.24, 2.45) is 0 Å². The lowest BCUT2D eigenvalue weighted by molar-refractivity contribution is 0.581. The van der Waals surface area contributed by atoms with Crippen molar-refractivity contribution in [1.29, 1.82) is 0 Å². The van der Waals surface area contributed by atoms with Crippen molar-refractivity contribution >= 4 is 15.7 Å². The molecule has 1 aliphatic carbocycles. The quantitative estimate of drug-likeness (QED) is 0.848. The van der Waals surface area contributed by atoms with Crippen LogP contribution in [0.25, 0.3) is 11.1 Å². The zero-order valence-corrected chi connectivity index (χ0v) is 11.7. The molecule has 0 atom stereocenters. The van der Waals surface area contributed by atoms with Crippen molar-refractivity contribution in [3.63, 3.8) is 0 Å². The van der Waals surface area contributed by atoms with E-state index in [1.165, 1.54) is 0 Å². The van der Waals surface area contributed by atoms with Gasteiger partial charge in [0.15, 0.2) is 0 Å². The van der Waals surface area contributed by atoms with Gasteiger partial charge in [-0.1, -0.05) is 42.5 Å². The van der Waals surface area contributed by atoms with Crippen LogP contribution >= 0.6 is 0 Å². The molecule has 1 fully saturated rings. The molecule has 0 unspecified atom stereocenters. The van der Waals surface area contributed by atoms with Gasteiger partial charge in [0.05, 0.1) is 5.69 Å². The summed E-state index contributed by atoms with van der Waals surface area (Å²) in [6.45, 7) is 0. The molecule has 4 nitrogen and oxygen atoms in total. The van der Waals surface area contributed by atoms with Crippen molar-refractivity contribution < 1.29 is 8.42 Å². The predicted molar refractivity (Wildman–Crippen MR) is 79.6 cm³/mol. The summed E-state index contributed by atoms with van der Waals surface area (Å²) in [7, 11) is -3.53. The smallest absolute Gasteiger partial charge is 0.242 e. The highest BCUT2D eigenvalue weighted by atomic mass is 32.2. The zero-order valence-electron chi connectivity index (χ0n) is 10.9. The molecule has 2 aromatic rings. The molecule has 1 aliphatic rings. The van der Waals surface area contributed by atoms with Crippen molar-refractivity contribution in [3.05, 3.63) is 48.5 Å². The van der Waals surface area contributed by atoms with Gasteiger partial charge in [0.2, 0.25) is 10.0 Å². The topological polar surface area (TPSA) is 72.2 Å². The molecule has 0 bridgehead atoms. The van der Waals surface area contributed by atoms with E-state index in [2.05, 4.69) is 4.72 Å². The molecule has 0 saturated heterocycles. The van der Waals surface area contributed by atoms with E-state index in [4.69, 9.17) is 5.73 Å². The van der Waals surface area contributed by atoms with Gasteiger partial charge in [0.1, 0.15) is 4.90 Å². The number of sulfonamides is 1. The van der Waals surface area contributed by atoms with Crippen LogP contribution in [-0.4, -0.2) is 14.5 Å². The van der Waals surface area contributed by atoms with E-state index in [0.29, 0.717) is 5.69 Å². The molecule has 3 rings (SSSR count). The maximum atomic E-state index is 12.3. The number of hydrogen-bond donors (Lipinski definition) is 2. The average Bonchev–Trinajstić information content (AvgIpc) is 3.23. The number of nitrogens with one attached hydrogen (secondary N) is 1. The van der Waals surface area contributed by atoms with Crippen LogP contribution in [0, 0.1) is 0 Å². The zero-order chi connectivity index (χ0) is 14.2. The maximum absolute atomic E-state index is 12.3. The van der Waals surface area contributed by atoms with Crippen LogP contribution in [0.2, 0.25) is 0 Å². The first-order valence-corrected chi connectivity index (χ1v) is 8.02. The van der Waals surface area contributed by atoms with E-state index in [0.717, 1.165) is 24.0 Å². The molecule has 0 heterocycles. The van der Waals surface area contributed by atoms with E-state index in [1.807, 2.05) is 36.4 Å². The van der Waals surface area contributed by atoms with Gasteiger partial charge in [0.25, 0.3) is 0 Å². The second-order valence-corrected chi connectivity index (χ2v) is 6.66. The number of hydrogen-bond acceptors (Lipinski definition) is 3. The van der Waals surface area contributed by atoms with Crippen LogP contribution < -0.4 is 10.5 Å². The summed E-state index contributed by atoms with van der Waals surface area (Å²) < 4.78 is 27.2. The van der Waals surface area contributed by atoms with Gasteiger partial charge in [-0.25, -0.2) is 13.1 Å². The third kappa shape index (κ3) is 2.55. The summed E-state index contributed by atoms with van der Waals surface area (Å²) in [5.41, 5.74) is 8.03. The van der Waals surface area contributed by atoms with Crippen LogP contribution in [0.15, 0.2) is 53.4 Å². The van der Waals surface area contributed by atoms with E-state index in [9.17, 15) is 8.42 Å². The lowest BCUT2D eigenvalue weighted by atomic mass is 10.0. The van der Waals surface area contributed by atoms with E-state index in [1.54, 1.807) is 12.1 Å². The van der Waals surface area contributed by atoms with Crippen LogP contribution in [0.1, 0.15) is 12.8 Å². The SMILES string of the molecule is Nc1c(-c2ccccc2)cccc1S(=O)(=O)NC1CC1. The van der Waals surface area contributed by atoms with Crippen molar-refractivity contribution in [2.45, 2.75) is 23.8 Å². The van der Waals surface area contributed by atoms with Gasteiger partial charge < -0.3 is 5.73 Å². The van der Waals surface area contributed by atoms with E-state index < -0.39 is 10.0 Å². The fraction of sp³-hybridized carbons (Fsp3) is 0.200. The first kappa shape index (κ1) is 13.1. The Balaban J connectivity index is 2.05. The van der Waals surface area contributed by atoms with Gasteiger partial charge >= 0.3 is 0 Å². The minimum Gasteiger partial charge on any atom is -0.397 e. The number of para-hydroxylation sites is 1. The molecule has 2 aromatic carbocycles. The standard InChI is InChI=1S/C15H16N2O2S/c16-15-13(11-5-2-1-3-6-11)7-4-8-14(15)20(18,19)17-12-9-10-12/h1-8,12,17H,9-10,16H2. The summed E-state index contributed by atoms with van der Waals surface area (Å²) in [5.74, 6) is 0. The van der Waals surface area contributed by atoms with Crippen molar-refractivity contribution in [2.75, 3.05) is 5.73 Å². The van der Waals surface area contributed by atoms with Crippen molar-refractivity contribution in [3.8, 4) is 11.1 Å². The number of rotatable bonds is 4. The molecule has 0 aromatic heterocycles. The summed E-state index contributed by atoms with van der Waals surface area (Å²) in [4.78, 5) is 0.158. The Bertz CT molecular complexity index is 723. The molecule has 5 heteroatoms. The molecule has 0 radical (unpaired) electrons. The second-order valence-electron chi connectivity index (χ2n) is 4.98. The first-order valence-electron chi connectivity index (χ1n) is 6.54. The summed E-state index contributed by atoms with van der Waals surface area (Å²) >= 11 is 0. The molecule has 0 amide bonds. The fourth-order valence-electron chi connectivity index (χ4n) is 2.13. The minimum absolute atomic E-state index is 0.0692. The van der Waals surface area contributed by atoms with Crippen molar-refractivity contribution in [1.82, 2.24) is 4.72 Å². The largest absolute Gasteiger partial charge is 0.397 e. The summed E-state index contributed by atoms with van der Waals surface area (Å²) in [6.07, 6.45) is 1.80. The van der Waals surface area contributed by atoms with Gasteiger partial charge in [-0.3, -0.25) is 0 Å². The fourth-order valence-corrected chi connectivity index (χ4v) is 3.59. The first-order chi connectivity index (χ1) is 9.58. The molecular weight excluding hydrogens is 272 g/mol. The molecule has 104 valence electrons. The highest BCUT2D eigenvalue weighted by Crippen LogP contribution is 2.32. The Kier molecular flexibility index (Phi) is 3.23. The van der Waals surface area contributed by atoms with Gasteiger partial charge in [-0.15, -0.1) is 0 Å². The van der Waals surface area contributed by atoms with Crippen LogP contribution in [0.5, 0.6) is 0 Å². The number of nitrogen functional groups attached to an aromatic ring is 1. The Morgan fingerprint density at radius 1 is 1.00 bits per heavy atom. The monoisotopic (exact) mass is 288 g/mol. The molecule has 1 saturated carbocycles. The second kappa shape index (κ2) is 4.92. The highest BCUT2D eigenvalue weighted by molar-refractivity contribution is 7.89. The Morgan fingerprint density at radius 2 is 1.70 bits per heavy atom. The maximum Gasteiger partial charge on any atom is 0.242 e. The van der Waals surface area contributed by atoms with Crippen LogP contribution in [0.4, 0.5) is 5.69 Å². The number of benzene rings is 2. The molecule has 20 heavy (non-hydrogen) atoms. The average molecular weight is 288 g/mol. The summed E-state index contributed by atoms with van der Waals surface area (Å²) in [6, 6.07) is 14.7. The van der Waals surface area contributed by atoms with Crippen LogP contribution in [-0.2, 0) is 10.0 Å². The lowest BCUT2D eigenvalue weighted by Crippen LogP contribution is -2.26. The molecule has 0 spiro atoms. The molecular formula is C15H16N2O2S. The third-order valence-electron chi connectivity index (χ3n) is 3.34. The Labute approximate surface area is 118 Å². The lowest BCUT2D eigenvalue weighted by Gasteiger charge is -2.12. The van der Waals surface area contributed by atoms with E-state index >= 15 is 0 Å². The Morgan fingerprint density at radius 3 is 2.35 bits per heavy atom. The predicted octanol–water partition coefficient (Wildman–Crippen LogP) is 2.38. The molecule has 3 N–H and O–H groups in total. The van der Waals surface area contributed by atoms with Gasteiger partial charge in [-0.05, 0) is 24.5 Å². The van der Waals surface area contributed by atoms with Gasteiger partial charge in [0, 0.05) is 11.6 Å². The minimum atomic E-state index is -3.53. The summed E-state index contributed by atoms with van der Waals surface area (Å²) in [5, 5.41) is 0. The van der Waals surface area contributed by atoms with Crippen LogP contribution in [0.3, 0.4) is 0 Å². The normalized spacial score (nSPS) is 15.2. The van der Waals surface area contributed by atoms with E-state index in [-0.39, 0.29) is 10.9 Å². The highest BCUT2D eigenvalue weighted by Gasteiger charge is 2.29. The molecule has 0 aliphatic heterocycles.